The molecule has 0 bridgehead atoms. The molecule has 0 saturated carbocycles. The van der Waals surface area contributed by atoms with Crippen LogP contribution in [0.5, 0.6) is 0 Å². The fourth-order valence-corrected chi connectivity index (χ4v) is 1.73. The Morgan fingerprint density at radius 2 is 2.75 bits per heavy atom. The summed E-state index contributed by atoms with van der Waals surface area (Å²) in [7, 11) is 0. The Morgan fingerprint density at radius 1 is 1.88 bits per heavy atom. The van der Waals surface area contributed by atoms with Crippen LogP contribution in [0, 0.1) is 0 Å². The first-order valence-electron chi connectivity index (χ1n) is 3.06. The Kier molecular flexibility index (Phi) is 2.40. The monoisotopic (exact) mass is 129 g/mol. The maximum Gasteiger partial charge on any atom is 0.0951 e. The van der Waals surface area contributed by atoms with Crippen LogP contribution in [0.25, 0.3) is 0 Å². The van der Waals surface area contributed by atoms with Crippen LogP contribution in [-0.4, -0.2) is 17.3 Å². The highest BCUT2D eigenvalue weighted by atomic mass is 32.2. The largest absolute Gasteiger partial charge is 0.283 e. The third kappa shape index (κ3) is 1.51. The van der Waals surface area contributed by atoms with Gasteiger partial charge in [-0.25, -0.2) is 0 Å². The van der Waals surface area contributed by atoms with E-state index in [-0.39, 0.29) is 0 Å². The molecule has 0 radical (unpaired) electrons. The average molecular weight is 129 g/mol. The Hall–Kier alpha value is 0.0200. The van der Waals surface area contributed by atoms with Gasteiger partial charge in [-0.15, -0.1) is 11.8 Å². The predicted molar refractivity (Wildman–Crippen MR) is 39.6 cm³/mol. The first-order chi connectivity index (χ1) is 3.93. The van der Waals surface area contributed by atoms with Gasteiger partial charge in [0.1, 0.15) is 0 Å². The van der Waals surface area contributed by atoms with Crippen LogP contribution in [-0.2, 0) is 0 Å². The van der Waals surface area contributed by atoms with Crippen LogP contribution in [0.1, 0.15) is 19.8 Å². The summed E-state index contributed by atoms with van der Waals surface area (Å²) in [6, 6.07) is 0. The van der Waals surface area contributed by atoms with Crippen molar-refractivity contribution in [3.63, 3.8) is 0 Å². The third-order valence-corrected chi connectivity index (χ3v) is 2.25. The minimum atomic E-state index is 0.597. The molecule has 0 saturated heterocycles. The summed E-state index contributed by atoms with van der Waals surface area (Å²) in [5, 5.41) is 0.597. The van der Waals surface area contributed by atoms with Crippen LogP contribution in [0.3, 0.4) is 0 Å². The molecule has 8 heavy (non-hydrogen) atoms. The molecule has 0 aromatic rings. The average Bonchev–Trinajstić information content (AvgIpc) is 2.19. The van der Waals surface area contributed by atoms with Crippen molar-refractivity contribution in [3.8, 4) is 0 Å². The number of hydrogen-bond acceptors (Lipinski definition) is 2. The van der Waals surface area contributed by atoms with Crippen molar-refractivity contribution >= 4 is 18.0 Å². The molecule has 0 aromatic carbocycles. The molecule has 0 fully saturated rings. The zero-order valence-corrected chi connectivity index (χ0v) is 5.95. The second kappa shape index (κ2) is 3.13. The quantitative estimate of drug-likeness (QED) is 0.555. The van der Waals surface area contributed by atoms with Gasteiger partial charge in [0.05, 0.1) is 5.37 Å². The van der Waals surface area contributed by atoms with Crippen molar-refractivity contribution in [2.24, 2.45) is 4.99 Å². The molecule has 1 aliphatic rings. The van der Waals surface area contributed by atoms with Gasteiger partial charge >= 0.3 is 0 Å². The maximum absolute atomic E-state index is 4.26. The van der Waals surface area contributed by atoms with E-state index in [1.54, 1.807) is 0 Å². The lowest BCUT2D eigenvalue weighted by Crippen LogP contribution is -1.90. The number of aliphatic imine (C=N–C) groups is 1. The zero-order chi connectivity index (χ0) is 5.82. The number of nitrogens with zero attached hydrogens (tertiary/aromatic N) is 1. The Balaban J connectivity index is 2.16. The number of rotatable bonds is 2. The minimum absolute atomic E-state index is 0.597. The van der Waals surface area contributed by atoms with Crippen LogP contribution in [0.15, 0.2) is 4.99 Å². The van der Waals surface area contributed by atoms with Crippen LogP contribution in [0.4, 0.5) is 0 Å². The Morgan fingerprint density at radius 3 is 3.25 bits per heavy atom. The molecule has 0 spiro atoms. The molecule has 1 aliphatic heterocycles. The fourth-order valence-electron chi connectivity index (χ4n) is 0.763. The van der Waals surface area contributed by atoms with Crippen molar-refractivity contribution in [3.05, 3.63) is 0 Å². The van der Waals surface area contributed by atoms with Crippen molar-refractivity contribution in [1.29, 1.82) is 0 Å². The first-order valence-corrected chi connectivity index (χ1v) is 4.11. The molecular weight excluding hydrogens is 118 g/mol. The summed E-state index contributed by atoms with van der Waals surface area (Å²) in [6.07, 6.45) is 4.53. The second-order valence-electron chi connectivity index (χ2n) is 1.91. The van der Waals surface area contributed by atoms with E-state index in [9.17, 15) is 0 Å². The summed E-state index contributed by atoms with van der Waals surface area (Å²) < 4.78 is 0. The molecule has 0 aliphatic carbocycles. The van der Waals surface area contributed by atoms with Gasteiger partial charge < -0.3 is 0 Å². The molecule has 0 amide bonds. The van der Waals surface area contributed by atoms with E-state index in [4.69, 9.17) is 0 Å². The number of hydrogen-bond donors (Lipinski definition) is 0. The summed E-state index contributed by atoms with van der Waals surface area (Å²) in [5.74, 6) is 1.13. The Labute approximate surface area is 54.6 Å². The molecule has 0 aromatic heterocycles. The smallest absolute Gasteiger partial charge is 0.0951 e. The molecule has 0 N–H and O–H groups in total. The molecule has 46 valence electrons. The van der Waals surface area contributed by atoms with Gasteiger partial charge in [0.2, 0.25) is 0 Å². The molecule has 1 heterocycles. The van der Waals surface area contributed by atoms with E-state index in [0.29, 0.717) is 5.37 Å². The summed E-state index contributed by atoms with van der Waals surface area (Å²) >= 11 is 1.94. The van der Waals surface area contributed by atoms with E-state index < -0.39 is 0 Å². The fraction of sp³-hybridized carbons (Fsp3) is 0.833. The second-order valence-corrected chi connectivity index (χ2v) is 3.12. The summed E-state index contributed by atoms with van der Waals surface area (Å²) in [5.41, 5.74) is 0. The zero-order valence-electron chi connectivity index (χ0n) is 5.13. The lowest BCUT2D eigenvalue weighted by Gasteiger charge is -2.00. The lowest BCUT2D eigenvalue weighted by molar-refractivity contribution is 0.774. The van der Waals surface area contributed by atoms with Gasteiger partial charge in [0.15, 0.2) is 0 Å². The molecule has 1 atom stereocenters. The lowest BCUT2D eigenvalue weighted by atomic mass is 10.3. The van der Waals surface area contributed by atoms with Gasteiger partial charge in [-0.05, 0) is 6.42 Å². The van der Waals surface area contributed by atoms with E-state index in [2.05, 4.69) is 11.9 Å². The van der Waals surface area contributed by atoms with Gasteiger partial charge in [-0.3, -0.25) is 4.99 Å². The molecule has 1 rings (SSSR count). The van der Waals surface area contributed by atoms with Crippen LogP contribution in [0.2, 0.25) is 0 Å². The standard InChI is InChI=1S/C6H11NS/c1-2-3-6-7-4-5-8-6/h4,6H,2-3,5H2,1H3. The SMILES string of the molecule is CCCC1N=CCS1. The van der Waals surface area contributed by atoms with Gasteiger partial charge in [0.25, 0.3) is 0 Å². The van der Waals surface area contributed by atoms with Gasteiger partial charge in [-0.1, -0.05) is 13.3 Å². The van der Waals surface area contributed by atoms with E-state index in [1.807, 2.05) is 18.0 Å². The van der Waals surface area contributed by atoms with Crippen molar-refractivity contribution in [2.75, 3.05) is 5.75 Å². The third-order valence-electron chi connectivity index (χ3n) is 1.17. The highest BCUT2D eigenvalue weighted by Gasteiger charge is 2.07. The molecular formula is C6H11NS. The van der Waals surface area contributed by atoms with Crippen LogP contribution >= 0.6 is 11.8 Å². The highest BCUT2D eigenvalue weighted by molar-refractivity contribution is 8.00. The topological polar surface area (TPSA) is 12.4 Å². The highest BCUT2D eigenvalue weighted by Crippen LogP contribution is 2.20. The molecule has 1 nitrogen and oxygen atoms in total. The Bertz CT molecular complexity index is 90.5. The van der Waals surface area contributed by atoms with Gasteiger partial charge in [0, 0.05) is 12.0 Å². The molecule has 2 heteroatoms. The minimum Gasteiger partial charge on any atom is -0.283 e. The van der Waals surface area contributed by atoms with Crippen LogP contribution < -0.4 is 0 Å². The predicted octanol–water partition coefficient (Wildman–Crippen LogP) is 1.93. The van der Waals surface area contributed by atoms with E-state index in [1.165, 1.54) is 12.8 Å². The van der Waals surface area contributed by atoms with E-state index in [0.717, 1.165) is 5.75 Å². The van der Waals surface area contributed by atoms with Crippen molar-refractivity contribution in [1.82, 2.24) is 0 Å². The van der Waals surface area contributed by atoms with Gasteiger partial charge in [-0.2, -0.15) is 0 Å². The van der Waals surface area contributed by atoms with Crippen molar-refractivity contribution < 1.29 is 0 Å². The normalized spacial score (nSPS) is 26.9. The first kappa shape index (κ1) is 6.14. The number of thioether (sulfide) groups is 1. The molecule has 1 unspecified atom stereocenters. The summed E-state index contributed by atoms with van der Waals surface area (Å²) in [6.45, 7) is 2.20. The van der Waals surface area contributed by atoms with E-state index >= 15 is 0 Å². The summed E-state index contributed by atoms with van der Waals surface area (Å²) in [4.78, 5) is 4.26. The van der Waals surface area contributed by atoms with Crippen molar-refractivity contribution in [2.45, 2.75) is 25.1 Å². The maximum atomic E-state index is 4.26.